The smallest absolute Gasteiger partial charge is 0.256 e. The third-order valence-electron chi connectivity index (χ3n) is 3.04. The number of carbonyl (C=O) groups excluding carboxylic acids is 1. The lowest BCUT2D eigenvalue weighted by Crippen LogP contribution is -2.42. The molecule has 19 heavy (non-hydrogen) atoms. The van der Waals surface area contributed by atoms with E-state index in [1.807, 2.05) is 14.1 Å². The Morgan fingerprint density at radius 2 is 2.11 bits per heavy atom. The molecule has 106 valence electrons. The molecular weight excluding hydrogens is 242 g/mol. The van der Waals surface area contributed by atoms with Crippen molar-refractivity contribution in [3.63, 3.8) is 0 Å². The second-order valence-electron chi connectivity index (χ2n) is 5.38. The van der Waals surface area contributed by atoms with Crippen molar-refractivity contribution in [2.75, 3.05) is 20.6 Å². The fraction of sp³-hybridized carbons (Fsp3) is 0.571. The van der Waals surface area contributed by atoms with Crippen LogP contribution in [0.3, 0.4) is 0 Å². The van der Waals surface area contributed by atoms with Crippen molar-refractivity contribution in [3.05, 3.63) is 34.2 Å². The van der Waals surface area contributed by atoms with Crippen molar-refractivity contribution < 1.29 is 4.79 Å². The number of carbonyl (C=O) groups is 1. The largest absolute Gasteiger partial charge is 0.367 e. The van der Waals surface area contributed by atoms with Crippen molar-refractivity contribution in [3.8, 4) is 0 Å². The predicted molar refractivity (Wildman–Crippen MR) is 76.3 cm³/mol. The minimum atomic E-state index is -0.322. The summed E-state index contributed by atoms with van der Waals surface area (Å²) in [6.07, 6.45) is 3.95. The first-order valence-corrected chi connectivity index (χ1v) is 6.53. The van der Waals surface area contributed by atoms with Crippen molar-refractivity contribution in [1.29, 1.82) is 0 Å². The van der Waals surface area contributed by atoms with Gasteiger partial charge in [0.25, 0.3) is 5.91 Å². The summed E-state index contributed by atoms with van der Waals surface area (Å²) < 4.78 is 0. The van der Waals surface area contributed by atoms with E-state index >= 15 is 0 Å². The number of amides is 1. The van der Waals surface area contributed by atoms with Gasteiger partial charge in [-0.15, -0.1) is 0 Å². The Morgan fingerprint density at radius 3 is 2.63 bits per heavy atom. The van der Waals surface area contributed by atoms with E-state index in [1.54, 1.807) is 0 Å². The number of hydrogen-bond donors (Lipinski definition) is 2. The summed E-state index contributed by atoms with van der Waals surface area (Å²) in [5, 5.41) is 2.83. The maximum atomic E-state index is 11.9. The third-order valence-corrected chi connectivity index (χ3v) is 3.04. The van der Waals surface area contributed by atoms with E-state index in [9.17, 15) is 9.59 Å². The van der Waals surface area contributed by atoms with Gasteiger partial charge in [0.1, 0.15) is 5.56 Å². The molecule has 0 saturated heterocycles. The summed E-state index contributed by atoms with van der Waals surface area (Å²) in [6, 6.07) is 1.62. The molecule has 0 aliphatic rings. The molecule has 0 saturated carbocycles. The van der Waals surface area contributed by atoms with Gasteiger partial charge < -0.3 is 15.2 Å². The Morgan fingerprint density at radius 1 is 1.42 bits per heavy atom. The van der Waals surface area contributed by atoms with Crippen LogP contribution in [0.4, 0.5) is 0 Å². The van der Waals surface area contributed by atoms with Gasteiger partial charge in [0, 0.05) is 31.0 Å². The lowest BCUT2D eigenvalue weighted by atomic mass is 10.0. The molecule has 1 amide bonds. The second kappa shape index (κ2) is 7.09. The molecule has 0 spiro atoms. The molecule has 1 aromatic rings. The lowest BCUT2D eigenvalue weighted by molar-refractivity contribution is 0.0937. The Hall–Kier alpha value is -1.62. The highest BCUT2D eigenvalue weighted by Gasteiger charge is 2.16. The van der Waals surface area contributed by atoms with Gasteiger partial charge in [-0.1, -0.05) is 13.8 Å². The van der Waals surface area contributed by atoms with Crippen LogP contribution in [0.15, 0.2) is 23.3 Å². The van der Waals surface area contributed by atoms with Crippen LogP contribution in [-0.2, 0) is 0 Å². The minimum absolute atomic E-state index is 0.157. The van der Waals surface area contributed by atoms with Crippen LogP contribution in [0.25, 0.3) is 0 Å². The molecule has 1 rings (SSSR count). The van der Waals surface area contributed by atoms with E-state index in [0.717, 1.165) is 6.42 Å². The van der Waals surface area contributed by atoms with Gasteiger partial charge in [0.15, 0.2) is 5.43 Å². The summed E-state index contributed by atoms with van der Waals surface area (Å²) in [5.74, 6) is 0.238. The highest BCUT2D eigenvalue weighted by atomic mass is 16.2. The van der Waals surface area contributed by atoms with Crippen LogP contribution in [0, 0.1) is 5.92 Å². The molecule has 1 atom stereocenters. The molecule has 1 aromatic heterocycles. The molecule has 0 bridgehead atoms. The standard InChI is InChI=1S/C14H23N3O2/c1-10(2)7-11(17(3)4)8-16-14(19)12-9-15-6-5-13(12)18/h5-6,9-11H,7-8H2,1-4H3,(H,15,18)(H,16,19). The highest BCUT2D eigenvalue weighted by molar-refractivity contribution is 5.93. The lowest BCUT2D eigenvalue weighted by Gasteiger charge is -2.26. The molecule has 0 aliphatic heterocycles. The van der Waals surface area contributed by atoms with E-state index in [0.29, 0.717) is 12.5 Å². The van der Waals surface area contributed by atoms with E-state index in [4.69, 9.17) is 0 Å². The summed E-state index contributed by atoms with van der Waals surface area (Å²) >= 11 is 0. The minimum Gasteiger partial charge on any atom is -0.367 e. The molecule has 0 fully saturated rings. The number of nitrogens with one attached hydrogen (secondary N) is 2. The van der Waals surface area contributed by atoms with Gasteiger partial charge in [-0.25, -0.2) is 0 Å². The summed E-state index contributed by atoms with van der Waals surface area (Å²) in [4.78, 5) is 28.3. The maximum absolute atomic E-state index is 11.9. The molecule has 0 radical (unpaired) electrons. The summed E-state index contributed by atoms with van der Waals surface area (Å²) in [7, 11) is 3.99. The highest BCUT2D eigenvalue weighted by Crippen LogP contribution is 2.08. The summed E-state index contributed by atoms with van der Waals surface area (Å²) in [5.41, 5.74) is -0.105. The van der Waals surface area contributed by atoms with Crippen LogP contribution >= 0.6 is 0 Å². The van der Waals surface area contributed by atoms with Crippen LogP contribution < -0.4 is 10.7 Å². The average molecular weight is 265 g/mol. The Kier molecular flexibility index (Phi) is 5.76. The SMILES string of the molecule is CC(C)CC(CNC(=O)c1c[nH]ccc1=O)N(C)C. The third kappa shape index (κ3) is 4.87. The van der Waals surface area contributed by atoms with Gasteiger partial charge in [0.2, 0.25) is 0 Å². The number of nitrogens with zero attached hydrogens (tertiary/aromatic N) is 1. The molecule has 2 N–H and O–H groups in total. The molecule has 1 unspecified atom stereocenters. The van der Waals surface area contributed by atoms with Crippen LogP contribution in [0.5, 0.6) is 0 Å². The Balaban J connectivity index is 2.62. The second-order valence-corrected chi connectivity index (χ2v) is 5.38. The van der Waals surface area contributed by atoms with Crippen molar-refractivity contribution in [1.82, 2.24) is 15.2 Å². The number of rotatable bonds is 6. The fourth-order valence-corrected chi connectivity index (χ4v) is 1.92. The van der Waals surface area contributed by atoms with Crippen molar-refractivity contribution >= 4 is 5.91 Å². The topological polar surface area (TPSA) is 65.2 Å². The quantitative estimate of drug-likeness (QED) is 0.809. The molecule has 1 heterocycles. The number of likely N-dealkylation sites (N-methyl/N-ethyl adjacent to an activating group) is 1. The molecule has 5 heteroatoms. The van der Waals surface area contributed by atoms with Gasteiger partial charge in [-0.2, -0.15) is 0 Å². The fourth-order valence-electron chi connectivity index (χ4n) is 1.92. The first kappa shape index (κ1) is 15.4. The molecular formula is C14H23N3O2. The number of aromatic amines is 1. The Bertz CT molecular complexity index is 466. The number of aromatic nitrogens is 1. The zero-order valence-electron chi connectivity index (χ0n) is 12.1. The van der Waals surface area contributed by atoms with Crippen LogP contribution in [-0.4, -0.2) is 42.5 Å². The number of hydrogen-bond acceptors (Lipinski definition) is 3. The molecule has 0 aromatic carbocycles. The summed E-state index contributed by atoms with van der Waals surface area (Å²) in [6.45, 7) is 4.85. The molecule has 0 aliphatic carbocycles. The van der Waals surface area contributed by atoms with Gasteiger partial charge in [-0.3, -0.25) is 9.59 Å². The first-order valence-electron chi connectivity index (χ1n) is 6.53. The molecule has 5 nitrogen and oxygen atoms in total. The zero-order valence-corrected chi connectivity index (χ0v) is 12.1. The normalized spacial score (nSPS) is 12.7. The van der Waals surface area contributed by atoms with Gasteiger partial charge in [-0.05, 0) is 26.4 Å². The van der Waals surface area contributed by atoms with Crippen molar-refractivity contribution in [2.24, 2.45) is 5.92 Å². The Labute approximate surface area is 114 Å². The monoisotopic (exact) mass is 265 g/mol. The van der Waals surface area contributed by atoms with E-state index in [2.05, 4.69) is 29.0 Å². The van der Waals surface area contributed by atoms with Crippen LogP contribution in [0.1, 0.15) is 30.6 Å². The van der Waals surface area contributed by atoms with Gasteiger partial charge >= 0.3 is 0 Å². The average Bonchev–Trinajstić information content (AvgIpc) is 2.34. The van der Waals surface area contributed by atoms with E-state index in [1.165, 1.54) is 18.5 Å². The predicted octanol–water partition coefficient (Wildman–Crippen LogP) is 1.08. The van der Waals surface area contributed by atoms with E-state index in [-0.39, 0.29) is 22.9 Å². The van der Waals surface area contributed by atoms with E-state index < -0.39 is 0 Å². The zero-order chi connectivity index (χ0) is 14.4. The van der Waals surface area contributed by atoms with Crippen LogP contribution in [0.2, 0.25) is 0 Å². The van der Waals surface area contributed by atoms with Gasteiger partial charge in [0.05, 0.1) is 0 Å². The number of H-pyrrole nitrogens is 1. The first-order chi connectivity index (χ1) is 8.91. The maximum Gasteiger partial charge on any atom is 0.256 e. The number of pyridine rings is 1. The van der Waals surface area contributed by atoms with Crippen molar-refractivity contribution in [2.45, 2.75) is 26.3 Å².